The summed E-state index contributed by atoms with van der Waals surface area (Å²) in [6, 6.07) is 10.9. The lowest BCUT2D eigenvalue weighted by molar-refractivity contribution is 0.0983. The van der Waals surface area contributed by atoms with E-state index in [-0.39, 0.29) is 12.2 Å². The second kappa shape index (κ2) is 5.66. The molecule has 5 nitrogen and oxygen atoms in total. The number of rotatable bonds is 4. The van der Waals surface area contributed by atoms with Gasteiger partial charge in [0.1, 0.15) is 0 Å². The van der Waals surface area contributed by atoms with E-state index in [1.807, 2.05) is 31.2 Å². The predicted octanol–water partition coefficient (Wildman–Crippen LogP) is 2.87. The van der Waals surface area contributed by atoms with Crippen LogP contribution in [0.15, 0.2) is 53.3 Å². The van der Waals surface area contributed by atoms with Crippen molar-refractivity contribution in [2.75, 3.05) is 0 Å². The van der Waals surface area contributed by atoms with Gasteiger partial charge in [-0.2, -0.15) is 4.98 Å². The Kier molecular flexibility index (Phi) is 3.55. The van der Waals surface area contributed by atoms with Crippen molar-refractivity contribution in [1.82, 2.24) is 15.1 Å². The van der Waals surface area contributed by atoms with Gasteiger partial charge in [-0.1, -0.05) is 35.5 Å². The maximum absolute atomic E-state index is 12.1. The number of nitrogens with zero attached hydrogens (tertiary/aromatic N) is 3. The largest absolute Gasteiger partial charge is 0.338 e. The van der Waals surface area contributed by atoms with E-state index >= 15 is 0 Å². The minimum atomic E-state index is -0.0442. The van der Waals surface area contributed by atoms with E-state index in [1.165, 1.54) is 0 Å². The lowest BCUT2D eigenvalue weighted by Gasteiger charge is -1.97. The van der Waals surface area contributed by atoms with Crippen LogP contribution < -0.4 is 0 Å². The van der Waals surface area contributed by atoms with Crippen LogP contribution in [0.5, 0.6) is 0 Å². The number of carbonyl (C=O) groups is 1. The second-order valence-electron chi connectivity index (χ2n) is 4.67. The van der Waals surface area contributed by atoms with E-state index in [1.54, 1.807) is 24.5 Å². The summed E-state index contributed by atoms with van der Waals surface area (Å²) in [4.78, 5) is 20.4. The molecule has 0 N–H and O–H groups in total. The molecule has 0 aliphatic heterocycles. The molecule has 0 bridgehead atoms. The van der Waals surface area contributed by atoms with E-state index in [0.717, 1.165) is 11.1 Å². The maximum Gasteiger partial charge on any atom is 0.234 e. The number of hydrogen-bond acceptors (Lipinski definition) is 5. The molecule has 0 unspecified atom stereocenters. The van der Waals surface area contributed by atoms with Crippen LogP contribution in [0, 0.1) is 6.92 Å². The van der Waals surface area contributed by atoms with E-state index in [0.29, 0.717) is 17.3 Å². The van der Waals surface area contributed by atoms with Crippen molar-refractivity contribution in [1.29, 1.82) is 0 Å². The molecule has 0 aliphatic rings. The Morgan fingerprint density at radius 3 is 2.76 bits per heavy atom. The van der Waals surface area contributed by atoms with Crippen molar-refractivity contribution >= 4 is 5.78 Å². The van der Waals surface area contributed by atoms with E-state index < -0.39 is 0 Å². The van der Waals surface area contributed by atoms with Gasteiger partial charge in [0.15, 0.2) is 5.78 Å². The summed E-state index contributed by atoms with van der Waals surface area (Å²) < 4.78 is 5.16. The predicted molar refractivity (Wildman–Crippen MR) is 76.7 cm³/mol. The van der Waals surface area contributed by atoms with E-state index in [4.69, 9.17) is 4.52 Å². The Balaban J connectivity index is 1.80. The monoisotopic (exact) mass is 279 g/mol. The quantitative estimate of drug-likeness (QED) is 0.687. The first-order valence-corrected chi connectivity index (χ1v) is 6.56. The molecule has 0 spiro atoms. The van der Waals surface area contributed by atoms with Crippen LogP contribution in [-0.4, -0.2) is 20.9 Å². The van der Waals surface area contributed by atoms with Crippen molar-refractivity contribution in [3.05, 3.63) is 65.8 Å². The van der Waals surface area contributed by atoms with Crippen LogP contribution in [0.3, 0.4) is 0 Å². The highest BCUT2D eigenvalue weighted by atomic mass is 16.5. The van der Waals surface area contributed by atoms with Crippen LogP contribution in [-0.2, 0) is 6.42 Å². The number of aryl methyl sites for hydroxylation is 1. The molecule has 2 aromatic heterocycles. The fourth-order valence-corrected chi connectivity index (χ4v) is 2.02. The van der Waals surface area contributed by atoms with Crippen molar-refractivity contribution in [2.24, 2.45) is 0 Å². The lowest BCUT2D eigenvalue weighted by atomic mass is 10.1. The summed E-state index contributed by atoms with van der Waals surface area (Å²) in [6.45, 7) is 1.92. The molecule has 21 heavy (non-hydrogen) atoms. The summed E-state index contributed by atoms with van der Waals surface area (Å²) in [7, 11) is 0. The number of hydrogen-bond donors (Lipinski definition) is 0. The van der Waals surface area contributed by atoms with Crippen molar-refractivity contribution < 1.29 is 9.32 Å². The molecule has 0 aliphatic carbocycles. The molecule has 0 atom stereocenters. The minimum Gasteiger partial charge on any atom is -0.338 e. The summed E-state index contributed by atoms with van der Waals surface area (Å²) in [6.07, 6.45) is 3.51. The Hall–Kier alpha value is -2.82. The molecule has 2 heterocycles. The summed E-state index contributed by atoms with van der Waals surface area (Å²) in [5.41, 5.74) is 2.45. The number of Topliss-reactive ketones (excluding diaryl/α,β-unsaturated/α-hetero) is 1. The highest BCUT2D eigenvalue weighted by molar-refractivity contribution is 5.96. The van der Waals surface area contributed by atoms with Gasteiger partial charge in [-0.15, -0.1) is 0 Å². The zero-order chi connectivity index (χ0) is 14.7. The second-order valence-corrected chi connectivity index (χ2v) is 4.67. The van der Waals surface area contributed by atoms with Crippen molar-refractivity contribution in [3.8, 4) is 11.4 Å². The fraction of sp³-hybridized carbons (Fsp3) is 0.125. The summed E-state index contributed by atoms with van der Waals surface area (Å²) >= 11 is 0. The van der Waals surface area contributed by atoms with Gasteiger partial charge < -0.3 is 4.52 Å². The first-order chi connectivity index (χ1) is 10.2. The van der Waals surface area contributed by atoms with Gasteiger partial charge >= 0.3 is 0 Å². The first-order valence-electron chi connectivity index (χ1n) is 6.56. The third-order valence-electron chi connectivity index (χ3n) is 3.14. The number of ketones is 1. The van der Waals surface area contributed by atoms with Gasteiger partial charge in [-0.3, -0.25) is 9.78 Å². The van der Waals surface area contributed by atoms with Gasteiger partial charge in [0.05, 0.1) is 6.42 Å². The molecule has 0 radical (unpaired) electrons. The Morgan fingerprint density at radius 2 is 2.00 bits per heavy atom. The Labute approximate surface area is 121 Å². The van der Waals surface area contributed by atoms with Crippen LogP contribution in [0.25, 0.3) is 11.4 Å². The molecular formula is C16H13N3O2. The number of benzene rings is 1. The highest BCUT2D eigenvalue weighted by Crippen LogP contribution is 2.19. The van der Waals surface area contributed by atoms with Crippen molar-refractivity contribution in [3.63, 3.8) is 0 Å². The molecule has 0 fully saturated rings. The lowest BCUT2D eigenvalue weighted by Crippen LogP contribution is -2.03. The first kappa shape index (κ1) is 13.2. The van der Waals surface area contributed by atoms with Crippen LogP contribution in [0.4, 0.5) is 0 Å². The van der Waals surface area contributed by atoms with Gasteiger partial charge in [0.2, 0.25) is 11.7 Å². The van der Waals surface area contributed by atoms with Crippen molar-refractivity contribution in [2.45, 2.75) is 13.3 Å². The van der Waals surface area contributed by atoms with Crippen LogP contribution in [0.1, 0.15) is 21.8 Å². The van der Waals surface area contributed by atoms with Crippen LogP contribution >= 0.6 is 0 Å². The van der Waals surface area contributed by atoms with E-state index in [9.17, 15) is 4.79 Å². The van der Waals surface area contributed by atoms with Gasteiger partial charge in [-0.05, 0) is 18.6 Å². The van der Waals surface area contributed by atoms with E-state index in [2.05, 4.69) is 15.1 Å². The molecule has 0 amide bonds. The zero-order valence-electron chi connectivity index (χ0n) is 11.5. The molecule has 0 saturated heterocycles. The van der Waals surface area contributed by atoms with Gasteiger partial charge in [0.25, 0.3) is 0 Å². The summed E-state index contributed by atoms with van der Waals surface area (Å²) in [5, 5.41) is 3.93. The van der Waals surface area contributed by atoms with Gasteiger partial charge in [0, 0.05) is 23.5 Å². The molecule has 5 heteroatoms. The number of carbonyl (C=O) groups excluding carboxylic acids is 1. The normalized spacial score (nSPS) is 10.5. The maximum atomic E-state index is 12.1. The SMILES string of the molecule is Cc1cnccc1-c1noc(CC(=O)c2ccccc2)n1. The third-order valence-corrected chi connectivity index (χ3v) is 3.14. The summed E-state index contributed by atoms with van der Waals surface area (Å²) in [5.74, 6) is 0.748. The zero-order valence-corrected chi connectivity index (χ0v) is 11.5. The third kappa shape index (κ3) is 2.86. The fourth-order valence-electron chi connectivity index (χ4n) is 2.02. The Morgan fingerprint density at radius 1 is 1.19 bits per heavy atom. The molecule has 104 valence electrons. The standard InChI is InChI=1S/C16H13N3O2/c1-11-10-17-8-7-13(11)16-18-15(21-19-16)9-14(20)12-5-3-2-4-6-12/h2-8,10H,9H2,1H3. The average Bonchev–Trinajstić information content (AvgIpc) is 2.97. The average molecular weight is 279 g/mol. The Bertz CT molecular complexity index is 766. The molecule has 1 aromatic carbocycles. The minimum absolute atomic E-state index is 0.0442. The number of aromatic nitrogens is 3. The molecule has 3 aromatic rings. The number of pyridine rings is 1. The molecule has 0 saturated carbocycles. The van der Waals surface area contributed by atoms with Crippen LogP contribution in [0.2, 0.25) is 0 Å². The molecule has 3 rings (SSSR count). The van der Waals surface area contributed by atoms with Gasteiger partial charge in [-0.25, -0.2) is 0 Å². The topological polar surface area (TPSA) is 68.9 Å². The smallest absolute Gasteiger partial charge is 0.234 e. The molecular weight excluding hydrogens is 266 g/mol. The highest BCUT2D eigenvalue weighted by Gasteiger charge is 2.14.